The van der Waals surface area contributed by atoms with Crippen LogP contribution < -0.4 is 11.2 Å². The van der Waals surface area contributed by atoms with Crippen molar-refractivity contribution in [2.24, 2.45) is 0 Å². The first kappa shape index (κ1) is 18.0. The number of aliphatic hydroxyl groups excluding tert-OH is 3. The minimum atomic E-state index is -1.49. The molecule has 1 aromatic carbocycles. The second-order valence-corrected chi connectivity index (χ2v) is 5.82. The summed E-state index contributed by atoms with van der Waals surface area (Å²) in [5.74, 6) is -1.12. The summed E-state index contributed by atoms with van der Waals surface area (Å²) in [6, 6.07) is 5.42. The van der Waals surface area contributed by atoms with Gasteiger partial charge >= 0.3 is 11.7 Å². The zero-order valence-corrected chi connectivity index (χ0v) is 13.3. The highest BCUT2D eigenvalue weighted by Gasteiger charge is 2.43. The first-order valence-corrected chi connectivity index (χ1v) is 7.65. The highest BCUT2D eigenvalue weighted by atomic mass is 16.6. The van der Waals surface area contributed by atoms with Gasteiger partial charge in [-0.3, -0.25) is 14.3 Å². The Labute approximate surface area is 145 Å². The molecule has 1 aliphatic rings. The Morgan fingerprint density at radius 3 is 2.35 bits per heavy atom. The van der Waals surface area contributed by atoms with Crippen LogP contribution in [-0.4, -0.2) is 60.9 Å². The number of carboxylic acid groups (broad SMARTS) is 1. The molecule has 4 atom stereocenters. The molecular formula is C16H16N2O8. The van der Waals surface area contributed by atoms with E-state index in [1.54, 1.807) is 0 Å². The molecule has 0 spiro atoms. The maximum absolute atomic E-state index is 12.1. The Balaban J connectivity index is 2.04. The summed E-state index contributed by atoms with van der Waals surface area (Å²) in [5.41, 5.74) is -1.16. The first-order chi connectivity index (χ1) is 12.3. The summed E-state index contributed by atoms with van der Waals surface area (Å²) in [6.45, 7) is -0.559. The molecule has 138 valence electrons. The monoisotopic (exact) mass is 364 g/mol. The van der Waals surface area contributed by atoms with E-state index in [1.807, 2.05) is 0 Å². The van der Waals surface area contributed by atoms with E-state index >= 15 is 0 Å². The second kappa shape index (κ2) is 6.84. The lowest BCUT2D eigenvalue weighted by atomic mass is 10.1. The number of benzene rings is 1. The standard InChI is InChI=1S/C16H16N2O8/c19-6-10-11(20)12(21)14(26-10)18-5-9(13(22)17-16(18)25)7-1-3-8(4-2-7)15(23)24/h1-5,10-12,14,19-21H,6H2,(H,23,24)(H,17,22,25)/t10-,11-,12-,14-/m1/s1. The Bertz CT molecular complexity index is 933. The van der Waals surface area contributed by atoms with E-state index in [0.29, 0.717) is 5.56 Å². The summed E-state index contributed by atoms with van der Waals surface area (Å²) in [7, 11) is 0. The molecule has 26 heavy (non-hydrogen) atoms. The van der Waals surface area contributed by atoms with Gasteiger partial charge in [0.2, 0.25) is 0 Å². The van der Waals surface area contributed by atoms with Gasteiger partial charge in [-0.15, -0.1) is 0 Å². The van der Waals surface area contributed by atoms with Crippen LogP contribution in [0.2, 0.25) is 0 Å². The van der Waals surface area contributed by atoms with Crippen molar-refractivity contribution in [3.63, 3.8) is 0 Å². The third-order valence-electron chi connectivity index (χ3n) is 4.20. The zero-order valence-electron chi connectivity index (χ0n) is 13.3. The van der Waals surface area contributed by atoms with E-state index in [-0.39, 0.29) is 11.1 Å². The van der Waals surface area contributed by atoms with Crippen LogP contribution in [0.5, 0.6) is 0 Å². The van der Waals surface area contributed by atoms with Gasteiger partial charge < -0.3 is 25.2 Å². The van der Waals surface area contributed by atoms with E-state index in [4.69, 9.17) is 14.9 Å². The number of carbonyl (C=O) groups is 1. The number of nitrogens with one attached hydrogen (secondary N) is 1. The summed E-state index contributed by atoms with van der Waals surface area (Å²) in [4.78, 5) is 37.2. The highest BCUT2D eigenvalue weighted by molar-refractivity contribution is 5.88. The van der Waals surface area contributed by atoms with Crippen LogP contribution in [0.3, 0.4) is 0 Å². The molecule has 1 saturated heterocycles. The predicted octanol–water partition coefficient (Wildman–Crippen LogP) is -1.49. The zero-order chi connectivity index (χ0) is 19.0. The van der Waals surface area contributed by atoms with Crippen molar-refractivity contribution in [3.8, 4) is 11.1 Å². The number of hydrogen-bond donors (Lipinski definition) is 5. The van der Waals surface area contributed by atoms with Crippen molar-refractivity contribution in [3.05, 3.63) is 56.9 Å². The largest absolute Gasteiger partial charge is 0.478 e. The number of aliphatic hydroxyl groups is 3. The molecule has 3 rings (SSSR count). The fraction of sp³-hybridized carbons (Fsp3) is 0.312. The minimum absolute atomic E-state index is 0.0296. The van der Waals surface area contributed by atoms with Crippen molar-refractivity contribution < 1.29 is 30.0 Å². The number of rotatable bonds is 4. The van der Waals surface area contributed by atoms with Crippen LogP contribution in [0.25, 0.3) is 11.1 Å². The minimum Gasteiger partial charge on any atom is -0.478 e. The number of nitrogens with zero attached hydrogens (tertiary/aromatic N) is 1. The fourth-order valence-corrected chi connectivity index (χ4v) is 2.78. The Morgan fingerprint density at radius 2 is 1.81 bits per heavy atom. The van der Waals surface area contributed by atoms with E-state index in [1.165, 1.54) is 24.3 Å². The first-order valence-electron chi connectivity index (χ1n) is 7.65. The summed E-state index contributed by atoms with van der Waals surface area (Å²) >= 11 is 0. The lowest BCUT2D eigenvalue weighted by Gasteiger charge is -2.18. The average molecular weight is 364 g/mol. The number of carboxylic acids is 1. The molecule has 5 N–H and O–H groups in total. The van der Waals surface area contributed by atoms with Gasteiger partial charge in [0.25, 0.3) is 5.56 Å². The topological polar surface area (TPSA) is 162 Å². The van der Waals surface area contributed by atoms with Gasteiger partial charge in [0.1, 0.15) is 18.3 Å². The van der Waals surface area contributed by atoms with E-state index in [0.717, 1.165) is 10.8 Å². The van der Waals surface area contributed by atoms with Gasteiger partial charge in [0.05, 0.1) is 17.7 Å². The lowest BCUT2D eigenvalue weighted by molar-refractivity contribution is -0.0549. The van der Waals surface area contributed by atoms with Crippen LogP contribution in [0.1, 0.15) is 16.6 Å². The number of aromatic carboxylic acids is 1. The maximum atomic E-state index is 12.1. The Kier molecular flexibility index (Phi) is 4.74. The average Bonchev–Trinajstić information content (AvgIpc) is 2.90. The van der Waals surface area contributed by atoms with E-state index in [2.05, 4.69) is 4.98 Å². The third kappa shape index (κ3) is 3.06. The van der Waals surface area contributed by atoms with Crippen molar-refractivity contribution in [1.29, 1.82) is 0 Å². The van der Waals surface area contributed by atoms with E-state index < -0.39 is 48.4 Å². The van der Waals surface area contributed by atoms with Crippen molar-refractivity contribution in [2.45, 2.75) is 24.5 Å². The molecule has 0 aliphatic carbocycles. The molecule has 0 saturated carbocycles. The molecule has 2 aromatic rings. The van der Waals surface area contributed by atoms with Gasteiger partial charge in [-0.25, -0.2) is 9.59 Å². The Morgan fingerprint density at radius 1 is 1.15 bits per heavy atom. The lowest BCUT2D eigenvalue weighted by Crippen LogP contribution is -2.38. The van der Waals surface area contributed by atoms with Crippen LogP contribution in [0.15, 0.2) is 40.1 Å². The van der Waals surface area contributed by atoms with Crippen LogP contribution in [0, 0.1) is 0 Å². The summed E-state index contributed by atoms with van der Waals surface area (Å²) in [6.07, 6.45) is -4.12. The van der Waals surface area contributed by atoms with Crippen molar-refractivity contribution in [1.82, 2.24) is 9.55 Å². The summed E-state index contributed by atoms with van der Waals surface area (Å²) < 4.78 is 6.20. The van der Waals surface area contributed by atoms with Gasteiger partial charge in [0, 0.05) is 6.20 Å². The van der Waals surface area contributed by atoms with E-state index in [9.17, 15) is 24.6 Å². The maximum Gasteiger partial charge on any atom is 0.335 e. The molecule has 1 aromatic heterocycles. The number of aromatic amines is 1. The molecular weight excluding hydrogens is 348 g/mol. The second-order valence-electron chi connectivity index (χ2n) is 5.82. The quantitative estimate of drug-likeness (QED) is 0.438. The number of ether oxygens (including phenoxy) is 1. The number of H-pyrrole nitrogens is 1. The summed E-state index contributed by atoms with van der Waals surface area (Å²) in [5, 5.41) is 38.0. The van der Waals surface area contributed by atoms with Gasteiger partial charge in [0.15, 0.2) is 6.23 Å². The molecule has 0 unspecified atom stereocenters. The molecule has 1 fully saturated rings. The number of aromatic nitrogens is 2. The SMILES string of the molecule is O=C(O)c1ccc(-c2cn([C@@H]3O[C@H](CO)[C@@H](O)[C@H]3O)c(=O)[nH]c2=O)cc1. The van der Waals surface area contributed by atoms with Gasteiger partial charge in [-0.1, -0.05) is 12.1 Å². The van der Waals surface area contributed by atoms with Crippen LogP contribution in [-0.2, 0) is 4.74 Å². The molecule has 0 bridgehead atoms. The third-order valence-corrected chi connectivity index (χ3v) is 4.20. The van der Waals surface area contributed by atoms with Crippen molar-refractivity contribution in [2.75, 3.05) is 6.61 Å². The van der Waals surface area contributed by atoms with Crippen LogP contribution >= 0.6 is 0 Å². The molecule has 0 radical (unpaired) electrons. The molecule has 0 amide bonds. The van der Waals surface area contributed by atoms with Crippen molar-refractivity contribution >= 4 is 5.97 Å². The molecule has 1 aliphatic heterocycles. The molecule has 10 nitrogen and oxygen atoms in total. The fourth-order valence-electron chi connectivity index (χ4n) is 2.78. The normalized spacial score (nSPS) is 25.3. The predicted molar refractivity (Wildman–Crippen MR) is 86.7 cm³/mol. The smallest absolute Gasteiger partial charge is 0.335 e. The van der Waals surface area contributed by atoms with Crippen LogP contribution in [0.4, 0.5) is 0 Å². The van der Waals surface area contributed by atoms with Gasteiger partial charge in [-0.2, -0.15) is 0 Å². The highest BCUT2D eigenvalue weighted by Crippen LogP contribution is 2.28. The molecule has 2 heterocycles. The Hall–Kier alpha value is -2.79. The van der Waals surface area contributed by atoms with Gasteiger partial charge in [-0.05, 0) is 17.7 Å². The number of hydrogen-bond acceptors (Lipinski definition) is 7. The molecule has 10 heteroatoms.